The highest BCUT2D eigenvalue weighted by Gasteiger charge is 2.24. The van der Waals surface area contributed by atoms with Crippen LogP contribution in [0.15, 0.2) is 66.1 Å². The van der Waals surface area contributed by atoms with E-state index < -0.39 is 11.0 Å². The number of likely N-dealkylation sites (N-methyl/N-ethyl adjacent to an activating group) is 1. The molecule has 0 bridgehead atoms. The third-order valence-corrected chi connectivity index (χ3v) is 6.45. The van der Waals surface area contributed by atoms with Crippen molar-refractivity contribution in [1.82, 2.24) is 19.9 Å². The molecule has 0 aliphatic rings. The monoisotopic (exact) mass is 467 g/mol. The second kappa shape index (κ2) is 11.5. The molecule has 3 rings (SSSR count). The normalized spacial score (nSPS) is 11.8. The number of amides is 1. The summed E-state index contributed by atoms with van der Waals surface area (Å²) in [5, 5.41) is 0.371. The van der Waals surface area contributed by atoms with Crippen LogP contribution in [0.25, 0.3) is 0 Å². The molecule has 3 aromatic rings. The van der Waals surface area contributed by atoms with Crippen LogP contribution in [0.3, 0.4) is 0 Å². The zero-order chi connectivity index (χ0) is 23.8. The number of anilines is 1. The lowest BCUT2D eigenvalue weighted by atomic mass is 10.1. The Morgan fingerprint density at radius 3 is 2.42 bits per heavy atom. The number of pyridine rings is 3. The van der Waals surface area contributed by atoms with E-state index in [1.165, 1.54) is 11.4 Å². The van der Waals surface area contributed by atoms with Gasteiger partial charge in [0, 0.05) is 25.0 Å². The second-order valence-corrected chi connectivity index (χ2v) is 9.02. The van der Waals surface area contributed by atoms with Gasteiger partial charge in [0.2, 0.25) is 11.8 Å². The molecule has 3 heterocycles. The first-order valence-electron chi connectivity index (χ1n) is 10.8. The molecule has 33 heavy (non-hydrogen) atoms. The van der Waals surface area contributed by atoms with Crippen LogP contribution in [0, 0.1) is 0 Å². The van der Waals surface area contributed by atoms with Crippen molar-refractivity contribution in [2.75, 3.05) is 24.5 Å². The second-order valence-electron chi connectivity index (χ2n) is 7.66. The highest BCUT2D eigenvalue weighted by Crippen LogP contribution is 2.22. The van der Waals surface area contributed by atoms with E-state index in [2.05, 4.69) is 28.8 Å². The van der Waals surface area contributed by atoms with Gasteiger partial charge in [0.1, 0.15) is 11.6 Å². The summed E-state index contributed by atoms with van der Waals surface area (Å²) in [5.74, 6) is 0.569. The maximum Gasteiger partial charge on any atom is 0.243 e. The van der Waals surface area contributed by atoms with E-state index >= 15 is 0 Å². The minimum Gasteiger partial charge on any atom is -0.481 e. The van der Waals surface area contributed by atoms with Gasteiger partial charge in [-0.3, -0.25) is 14.1 Å². The zero-order valence-electron chi connectivity index (χ0n) is 19.3. The van der Waals surface area contributed by atoms with Gasteiger partial charge < -0.3 is 9.64 Å². The Morgan fingerprint density at radius 1 is 1.06 bits per heavy atom. The maximum absolute atomic E-state index is 13.5. The summed E-state index contributed by atoms with van der Waals surface area (Å²) in [6.45, 7) is 6.82. The maximum atomic E-state index is 13.5. The van der Waals surface area contributed by atoms with Gasteiger partial charge in [-0.2, -0.15) is 0 Å². The fourth-order valence-electron chi connectivity index (χ4n) is 3.12. The van der Waals surface area contributed by atoms with Gasteiger partial charge >= 0.3 is 0 Å². The number of ether oxygens (including phenoxy) is 1. The van der Waals surface area contributed by atoms with Crippen LogP contribution < -0.4 is 9.04 Å². The number of carbonyl (C=O) groups excluding carboxylic acids is 1. The molecular formula is C24H29N5O3S. The average Bonchev–Trinajstić information content (AvgIpc) is 2.86. The predicted octanol–water partition coefficient (Wildman–Crippen LogP) is 3.58. The Balaban J connectivity index is 1.87. The SMILES string of the molecule is CCN(Cc1ccccn1)C(=O)CN(c1ccc(OC)nc1)S(=O)c1ccc(C(C)C)cn1. The summed E-state index contributed by atoms with van der Waals surface area (Å²) in [7, 11) is -0.183. The summed E-state index contributed by atoms with van der Waals surface area (Å²) in [6, 6.07) is 12.7. The lowest BCUT2D eigenvalue weighted by Gasteiger charge is -2.27. The molecule has 0 aromatic carbocycles. The summed E-state index contributed by atoms with van der Waals surface area (Å²) in [4.78, 5) is 27.8. The molecule has 0 aliphatic carbocycles. The summed E-state index contributed by atoms with van der Waals surface area (Å²) in [5.41, 5.74) is 2.38. The number of nitrogens with zero attached hydrogens (tertiary/aromatic N) is 5. The Hall–Kier alpha value is -3.33. The van der Waals surface area contributed by atoms with Crippen LogP contribution in [0.5, 0.6) is 5.88 Å². The molecular weight excluding hydrogens is 438 g/mol. The first-order chi connectivity index (χ1) is 15.9. The molecule has 0 aliphatic heterocycles. The van der Waals surface area contributed by atoms with E-state index in [4.69, 9.17) is 4.74 Å². The number of methoxy groups -OCH3 is 1. The fourth-order valence-corrected chi connectivity index (χ4v) is 4.20. The predicted molar refractivity (Wildman–Crippen MR) is 128 cm³/mol. The number of hydrogen-bond donors (Lipinski definition) is 0. The van der Waals surface area contributed by atoms with Crippen LogP contribution in [-0.2, 0) is 22.3 Å². The minimum atomic E-state index is -1.71. The van der Waals surface area contributed by atoms with Crippen molar-refractivity contribution < 1.29 is 13.7 Å². The van der Waals surface area contributed by atoms with Crippen molar-refractivity contribution in [3.8, 4) is 5.88 Å². The molecule has 0 fully saturated rings. The largest absolute Gasteiger partial charge is 0.481 e. The molecule has 3 aromatic heterocycles. The molecule has 1 atom stereocenters. The number of rotatable bonds is 10. The molecule has 8 nitrogen and oxygen atoms in total. The third kappa shape index (κ3) is 6.35. The zero-order valence-corrected chi connectivity index (χ0v) is 20.2. The molecule has 0 radical (unpaired) electrons. The number of aromatic nitrogens is 3. The van der Waals surface area contributed by atoms with E-state index in [1.54, 1.807) is 41.7 Å². The van der Waals surface area contributed by atoms with Crippen LogP contribution in [0.4, 0.5) is 5.69 Å². The quantitative estimate of drug-likeness (QED) is 0.453. The van der Waals surface area contributed by atoms with E-state index in [0.717, 1.165) is 11.3 Å². The minimum absolute atomic E-state index is 0.102. The molecule has 0 N–H and O–H groups in total. The van der Waals surface area contributed by atoms with Gasteiger partial charge in [0.25, 0.3) is 0 Å². The van der Waals surface area contributed by atoms with Gasteiger partial charge in [-0.05, 0) is 42.7 Å². The first-order valence-corrected chi connectivity index (χ1v) is 11.9. The smallest absolute Gasteiger partial charge is 0.243 e. The van der Waals surface area contributed by atoms with Crippen molar-refractivity contribution >= 4 is 22.6 Å². The molecule has 9 heteroatoms. The van der Waals surface area contributed by atoms with E-state index in [-0.39, 0.29) is 12.5 Å². The molecule has 0 spiro atoms. The third-order valence-electron chi connectivity index (χ3n) is 5.12. The Kier molecular flexibility index (Phi) is 8.48. The molecule has 0 saturated carbocycles. The van der Waals surface area contributed by atoms with Gasteiger partial charge in [0.05, 0.1) is 31.2 Å². The van der Waals surface area contributed by atoms with Crippen LogP contribution in [0.1, 0.15) is 37.9 Å². The van der Waals surface area contributed by atoms with Crippen molar-refractivity contribution in [1.29, 1.82) is 0 Å². The van der Waals surface area contributed by atoms with Crippen LogP contribution in [0.2, 0.25) is 0 Å². The van der Waals surface area contributed by atoms with Gasteiger partial charge in [-0.1, -0.05) is 26.0 Å². The van der Waals surface area contributed by atoms with Gasteiger partial charge in [-0.15, -0.1) is 0 Å². The highest BCUT2D eigenvalue weighted by molar-refractivity contribution is 7.86. The lowest BCUT2D eigenvalue weighted by molar-refractivity contribution is -0.130. The van der Waals surface area contributed by atoms with Crippen molar-refractivity contribution in [2.45, 2.75) is 38.3 Å². The molecule has 1 unspecified atom stereocenters. The molecule has 0 saturated heterocycles. The van der Waals surface area contributed by atoms with E-state index in [0.29, 0.717) is 35.6 Å². The van der Waals surface area contributed by atoms with Gasteiger partial charge in [0.15, 0.2) is 11.0 Å². The van der Waals surface area contributed by atoms with E-state index in [9.17, 15) is 9.00 Å². The van der Waals surface area contributed by atoms with Crippen molar-refractivity contribution in [2.24, 2.45) is 0 Å². The van der Waals surface area contributed by atoms with Crippen molar-refractivity contribution in [3.63, 3.8) is 0 Å². The topological polar surface area (TPSA) is 88.5 Å². The van der Waals surface area contributed by atoms with Gasteiger partial charge in [-0.25, -0.2) is 14.2 Å². The van der Waals surface area contributed by atoms with E-state index in [1.807, 2.05) is 31.2 Å². The number of hydrogen-bond acceptors (Lipinski definition) is 6. The molecule has 174 valence electrons. The highest BCUT2D eigenvalue weighted by atomic mass is 32.2. The number of carbonyl (C=O) groups is 1. The average molecular weight is 468 g/mol. The standard InChI is InChI=1S/C24H29N5O3S/c1-5-28(16-20-8-6-7-13-25-20)24(30)17-29(21-10-11-22(32-4)26-15-21)33(31)23-12-9-19(14-27-23)18(2)3/h6-15,18H,5,16-17H2,1-4H3. The van der Waals surface area contributed by atoms with Crippen molar-refractivity contribution in [3.05, 3.63) is 72.3 Å². The summed E-state index contributed by atoms with van der Waals surface area (Å²) >= 11 is 0. The Morgan fingerprint density at radius 2 is 1.88 bits per heavy atom. The fraction of sp³-hybridized carbons (Fsp3) is 0.333. The van der Waals surface area contributed by atoms with Crippen LogP contribution in [-0.4, -0.2) is 50.2 Å². The lowest BCUT2D eigenvalue weighted by Crippen LogP contribution is -2.41. The Labute approximate surface area is 197 Å². The first kappa shape index (κ1) is 24.3. The summed E-state index contributed by atoms with van der Waals surface area (Å²) < 4.78 is 20.2. The van der Waals surface area contributed by atoms with Crippen LogP contribution >= 0.6 is 0 Å². The Bertz CT molecular complexity index is 1060. The molecule has 1 amide bonds. The summed E-state index contributed by atoms with van der Waals surface area (Å²) in [6.07, 6.45) is 4.97.